The van der Waals surface area contributed by atoms with E-state index in [-0.39, 0.29) is 0 Å². The van der Waals surface area contributed by atoms with E-state index in [9.17, 15) is 0 Å². The zero-order valence-corrected chi connectivity index (χ0v) is 14.0. The van der Waals surface area contributed by atoms with E-state index in [0.29, 0.717) is 16.9 Å². The highest BCUT2D eigenvalue weighted by atomic mass is 32.1. The monoisotopic (exact) mass is 286 g/mol. The van der Waals surface area contributed by atoms with Gasteiger partial charge in [0.25, 0.3) is 0 Å². The molecular weight excluding hydrogens is 256 g/mol. The quantitative estimate of drug-likeness (QED) is 0.601. The summed E-state index contributed by atoms with van der Waals surface area (Å²) in [6, 6.07) is 0.487. The molecule has 0 amide bonds. The van der Waals surface area contributed by atoms with Crippen LogP contribution < -0.4 is 10.6 Å². The first kappa shape index (κ1) is 16.7. The molecule has 0 aromatic rings. The van der Waals surface area contributed by atoms with Gasteiger partial charge in [-0.05, 0) is 48.7 Å². The van der Waals surface area contributed by atoms with Crippen LogP contribution in [-0.2, 0) is 4.74 Å². The fraction of sp³-hybridized carbons (Fsp3) is 0.933. The van der Waals surface area contributed by atoms with E-state index in [1.807, 2.05) is 0 Å². The van der Waals surface area contributed by atoms with Gasteiger partial charge in [0, 0.05) is 26.3 Å². The van der Waals surface area contributed by atoms with Crippen molar-refractivity contribution in [3.8, 4) is 0 Å². The van der Waals surface area contributed by atoms with Crippen LogP contribution in [0.5, 0.6) is 0 Å². The summed E-state index contributed by atoms with van der Waals surface area (Å²) in [5.74, 6) is 0. The predicted molar refractivity (Wildman–Crippen MR) is 85.4 cm³/mol. The van der Waals surface area contributed by atoms with Crippen molar-refractivity contribution in [3.05, 3.63) is 0 Å². The Balaban J connectivity index is 2.37. The molecule has 0 bridgehead atoms. The molecule has 0 radical (unpaired) electrons. The van der Waals surface area contributed by atoms with Gasteiger partial charge in [0.1, 0.15) is 0 Å². The zero-order chi connectivity index (χ0) is 14.5. The predicted octanol–water partition coefficient (Wildman–Crippen LogP) is 3.09. The minimum atomic E-state index is 0.394. The fourth-order valence-electron chi connectivity index (χ4n) is 3.60. The molecule has 2 N–H and O–H groups in total. The van der Waals surface area contributed by atoms with Crippen LogP contribution in [-0.4, -0.2) is 31.4 Å². The van der Waals surface area contributed by atoms with Gasteiger partial charge in [-0.1, -0.05) is 27.7 Å². The molecule has 0 saturated heterocycles. The van der Waals surface area contributed by atoms with Crippen LogP contribution in [0.2, 0.25) is 0 Å². The summed E-state index contributed by atoms with van der Waals surface area (Å²) < 4.78 is 5.02. The van der Waals surface area contributed by atoms with Crippen LogP contribution >= 0.6 is 12.2 Å². The van der Waals surface area contributed by atoms with Gasteiger partial charge in [-0.25, -0.2) is 0 Å². The highest BCUT2D eigenvalue weighted by molar-refractivity contribution is 7.80. The van der Waals surface area contributed by atoms with Crippen LogP contribution in [0.1, 0.15) is 53.4 Å². The molecule has 1 fully saturated rings. The third kappa shape index (κ3) is 6.57. The molecule has 3 nitrogen and oxygen atoms in total. The Morgan fingerprint density at radius 1 is 1.21 bits per heavy atom. The van der Waals surface area contributed by atoms with E-state index in [4.69, 9.17) is 17.0 Å². The van der Waals surface area contributed by atoms with Gasteiger partial charge >= 0.3 is 0 Å². The van der Waals surface area contributed by atoms with Crippen LogP contribution in [0, 0.1) is 10.8 Å². The molecule has 0 unspecified atom stereocenters. The lowest BCUT2D eigenvalue weighted by atomic mass is 9.63. The molecule has 0 aromatic carbocycles. The number of methoxy groups -OCH3 is 1. The van der Waals surface area contributed by atoms with Crippen molar-refractivity contribution < 1.29 is 4.74 Å². The van der Waals surface area contributed by atoms with E-state index >= 15 is 0 Å². The smallest absolute Gasteiger partial charge is 0.166 e. The van der Waals surface area contributed by atoms with Crippen molar-refractivity contribution in [2.45, 2.75) is 59.4 Å². The number of hydrogen-bond acceptors (Lipinski definition) is 2. The summed E-state index contributed by atoms with van der Waals surface area (Å²) in [5, 5.41) is 7.53. The van der Waals surface area contributed by atoms with Crippen LogP contribution in [0.15, 0.2) is 0 Å². The van der Waals surface area contributed by atoms with Crippen LogP contribution in [0.3, 0.4) is 0 Å². The van der Waals surface area contributed by atoms with Crippen molar-refractivity contribution in [2.75, 3.05) is 20.3 Å². The summed E-state index contributed by atoms with van der Waals surface area (Å²) in [5.41, 5.74) is 0.788. The second kappa shape index (κ2) is 6.89. The molecule has 1 aliphatic rings. The fourth-order valence-corrected chi connectivity index (χ4v) is 3.87. The van der Waals surface area contributed by atoms with Gasteiger partial charge in [-0.2, -0.15) is 0 Å². The van der Waals surface area contributed by atoms with Gasteiger partial charge in [-0.3, -0.25) is 0 Å². The zero-order valence-electron chi connectivity index (χ0n) is 13.1. The summed E-state index contributed by atoms with van der Waals surface area (Å²) in [4.78, 5) is 0. The van der Waals surface area contributed by atoms with E-state index in [1.165, 1.54) is 19.3 Å². The number of thiocarbonyl (C=S) groups is 1. The Labute approximate surface area is 123 Å². The van der Waals surface area contributed by atoms with Gasteiger partial charge < -0.3 is 15.4 Å². The van der Waals surface area contributed by atoms with Crippen molar-refractivity contribution in [2.24, 2.45) is 10.8 Å². The van der Waals surface area contributed by atoms with Gasteiger partial charge in [-0.15, -0.1) is 0 Å². The maximum absolute atomic E-state index is 5.37. The Morgan fingerprint density at radius 3 is 2.32 bits per heavy atom. The molecule has 1 aliphatic carbocycles. The summed E-state index contributed by atoms with van der Waals surface area (Å²) in [7, 11) is 1.72. The summed E-state index contributed by atoms with van der Waals surface area (Å²) >= 11 is 5.37. The normalized spacial score (nSPS) is 21.9. The first-order chi connectivity index (χ1) is 8.74. The van der Waals surface area contributed by atoms with E-state index in [1.54, 1.807) is 7.11 Å². The number of rotatable bonds is 5. The second-order valence-corrected chi connectivity index (χ2v) is 7.77. The van der Waals surface area contributed by atoms with Crippen molar-refractivity contribution in [1.82, 2.24) is 10.6 Å². The lowest BCUT2D eigenvalue weighted by molar-refractivity contribution is 0.0921. The SMILES string of the molecule is COCCCNC(=S)NC1CC(C)(C)CC(C)(C)C1. The molecule has 1 saturated carbocycles. The van der Waals surface area contributed by atoms with Crippen molar-refractivity contribution in [1.29, 1.82) is 0 Å². The molecular formula is C15H30N2OS. The maximum Gasteiger partial charge on any atom is 0.166 e. The average molecular weight is 286 g/mol. The minimum Gasteiger partial charge on any atom is -0.385 e. The van der Waals surface area contributed by atoms with E-state index < -0.39 is 0 Å². The number of nitrogens with one attached hydrogen (secondary N) is 2. The van der Waals surface area contributed by atoms with Gasteiger partial charge in [0.15, 0.2) is 5.11 Å². The van der Waals surface area contributed by atoms with Crippen LogP contribution in [0.4, 0.5) is 0 Å². The topological polar surface area (TPSA) is 33.3 Å². The number of ether oxygens (including phenoxy) is 1. The molecule has 0 spiro atoms. The lowest BCUT2D eigenvalue weighted by Crippen LogP contribution is -2.49. The lowest BCUT2D eigenvalue weighted by Gasteiger charge is -2.45. The Kier molecular flexibility index (Phi) is 6.06. The van der Waals surface area contributed by atoms with E-state index in [0.717, 1.165) is 24.7 Å². The van der Waals surface area contributed by atoms with Crippen molar-refractivity contribution >= 4 is 17.3 Å². The first-order valence-electron chi connectivity index (χ1n) is 7.27. The third-order valence-electron chi connectivity index (χ3n) is 3.70. The summed E-state index contributed by atoms with van der Waals surface area (Å²) in [6.07, 6.45) is 4.65. The molecule has 1 rings (SSSR count). The molecule has 19 heavy (non-hydrogen) atoms. The molecule has 112 valence electrons. The highest BCUT2D eigenvalue weighted by Gasteiger charge is 2.38. The Hall–Kier alpha value is -0.350. The molecule has 4 heteroatoms. The summed E-state index contributed by atoms with van der Waals surface area (Å²) in [6.45, 7) is 11.1. The molecule has 0 heterocycles. The second-order valence-electron chi connectivity index (χ2n) is 7.36. The van der Waals surface area contributed by atoms with E-state index in [2.05, 4.69) is 38.3 Å². The molecule has 0 aromatic heterocycles. The van der Waals surface area contributed by atoms with Gasteiger partial charge in [0.2, 0.25) is 0 Å². The van der Waals surface area contributed by atoms with Crippen molar-refractivity contribution in [3.63, 3.8) is 0 Å². The standard InChI is InChI=1S/C15H30N2OS/c1-14(2)9-12(10-15(3,4)11-14)17-13(19)16-7-6-8-18-5/h12H,6-11H2,1-5H3,(H2,16,17,19). The highest BCUT2D eigenvalue weighted by Crippen LogP contribution is 2.45. The molecule has 0 atom stereocenters. The first-order valence-corrected chi connectivity index (χ1v) is 7.68. The average Bonchev–Trinajstić information content (AvgIpc) is 2.19. The Morgan fingerprint density at radius 2 is 1.79 bits per heavy atom. The minimum absolute atomic E-state index is 0.394. The number of hydrogen-bond donors (Lipinski definition) is 2. The Bertz CT molecular complexity index is 287. The maximum atomic E-state index is 5.37. The largest absolute Gasteiger partial charge is 0.385 e. The van der Waals surface area contributed by atoms with Crippen LogP contribution in [0.25, 0.3) is 0 Å². The van der Waals surface area contributed by atoms with Gasteiger partial charge in [0.05, 0.1) is 0 Å². The molecule has 0 aliphatic heterocycles. The third-order valence-corrected chi connectivity index (χ3v) is 3.96.